The summed E-state index contributed by atoms with van der Waals surface area (Å²) in [5.41, 5.74) is 1.53. The van der Waals surface area contributed by atoms with E-state index >= 15 is 0 Å². The van der Waals surface area contributed by atoms with Crippen molar-refractivity contribution in [3.8, 4) is 11.5 Å². The number of ether oxygens (including phenoxy) is 2. The second-order valence-electron chi connectivity index (χ2n) is 7.77. The monoisotopic (exact) mass is 438 g/mol. The lowest BCUT2D eigenvalue weighted by atomic mass is 9.98. The zero-order chi connectivity index (χ0) is 22.7. The van der Waals surface area contributed by atoms with Crippen molar-refractivity contribution in [2.24, 2.45) is 0 Å². The molecule has 2 aliphatic heterocycles. The molecule has 9 heteroatoms. The van der Waals surface area contributed by atoms with E-state index in [2.05, 4.69) is 10.6 Å². The fraction of sp³-hybridized carbons (Fsp3) is 0.348. The van der Waals surface area contributed by atoms with E-state index in [1.54, 1.807) is 48.3 Å². The molecule has 2 fully saturated rings. The van der Waals surface area contributed by atoms with Crippen molar-refractivity contribution in [1.29, 1.82) is 0 Å². The van der Waals surface area contributed by atoms with Crippen LogP contribution < -0.4 is 20.1 Å². The predicted molar refractivity (Wildman–Crippen MR) is 118 cm³/mol. The molecule has 0 spiro atoms. The molecule has 0 radical (unpaired) electrons. The molecule has 4 amide bonds. The maximum atomic E-state index is 13.0. The smallest absolute Gasteiger partial charge is 0.321 e. The molecule has 0 aromatic heterocycles. The molecule has 2 saturated heterocycles. The lowest BCUT2D eigenvalue weighted by Crippen LogP contribution is -2.70. The third-order valence-electron chi connectivity index (χ3n) is 5.79. The first-order valence-electron chi connectivity index (χ1n) is 10.4. The average Bonchev–Trinajstić information content (AvgIpc) is 2.82. The van der Waals surface area contributed by atoms with Gasteiger partial charge in [0.05, 0.1) is 20.8 Å². The SMILES string of the molecule is COc1ccc(C[C@H]2NC(=O)[C@H]3CN(C(=O)Nc4cccc(OC)c4)CCN3C2=O)cc1. The van der Waals surface area contributed by atoms with Gasteiger partial charge in [0.1, 0.15) is 23.6 Å². The topological polar surface area (TPSA) is 100 Å². The molecule has 168 valence electrons. The Morgan fingerprint density at radius 3 is 2.53 bits per heavy atom. The van der Waals surface area contributed by atoms with Crippen molar-refractivity contribution in [2.75, 3.05) is 39.2 Å². The van der Waals surface area contributed by atoms with Gasteiger partial charge in [-0.25, -0.2) is 4.79 Å². The van der Waals surface area contributed by atoms with Crippen LogP contribution in [-0.2, 0) is 16.0 Å². The average molecular weight is 438 g/mol. The highest BCUT2D eigenvalue weighted by Gasteiger charge is 2.44. The number of hydrogen-bond acceptors (Lipinski definition) is 5. The summed E-state index contributed by atoms with van der Waals surface area (Å²) in [5, 5.41) is 5.65. The molecule has 2 atom stereocenters. The summed E-state index contributed by atoms with van der Waals surface area (Å²) in [6.07, 6.45) is 0.401. The van der Waals surface area contributed by atoms with Crippen LogP contribution in [0.3, 0.4) is 0 Å². The Morgan fingerprint density at radius 1 is 1.06 bits per heavy atom. The second kappa shape index (κ2) is 9.17. The molecule has 0 saturated carbocycles. The van der Waals surface area contributed by atoms with E-state index in [4.69, 9.17) is 9.47 Å². The van der Waals surface area contributed by atoms with Crippen molar-refractivity contribution in [3.63, 3.8) is 0 Å². The number of anilines is 1. The summed E-state index contributed by atoms with van der Waals surface area (Å²) in [5.74, 6) is 0.990. The molecule has 4 rings (SSSR count). The minimum absolute atomic E-state index is 0.127. The first-order valence-corrected chi connectivity index (χ1v) is 10.4. The first kappa shape index (κ1) is 21.5. The number of nitrogens with one attached hydrogen (secondary N) is 2. The molecular weight excluding hydrogens is 412 g/mol. The van der Waals surface area contributed by atoms with Gasteiger partial charge in [-0.05, 0) is 29.8 Å². The Morgan fingerprint density at radius 2 is 1.81 bits per heavy atom. The lowest BCUT2D eigenvalue weighted by molar-refractivity contribution is -0.152. The Hall–Kier alpha value is -3.75. The van der Waals surface area contributed by atoms with Crippen molar-refractivity contribution in [2.45, 2.75) is 18.5 Å². The van der Waals surface area contributed by atoms with E-state index < -0.39 is 12.1 Å². The number of rotatable bonds is 5. The summed E-state index contributed by atoms with van der Waals surface area (Å²) in [4.78, 5) is 41.7. The Labute approximate surface area is 186 Å². The minimum atomic E-state index is -0.695. The van der Waals surface area contributed by atoms with Gasteiger partial charge in [-0.3, -0.25) is 9.59 Å². The van der Waals surface area contributed by atoms with Crippen LogP contribution in [0.25, 0.3) is 0 Å². The highest BCUT2D eigenvalue weighted by Crippen LogP contribution is 2.21. The van der Waals surface area contributed by atoms with Crippen LogP contribution in [0, 0.1) is 0 Å². The van der Waals surface area contributed by atoms with Gasteiger partial charge in [-0.1, -0.05) is 18.2 Å². The zero-order valence-corrected chi connectivity index (χ0v) is 18.0. The van der Waals surface area contributed by atoms with Gasteiger partial charge in [-0.15, -0.1) is 0 Å². The van der Waals surface area contributed by atoms with Crippen LogP contribution in [0.2, 0.25) is 0 Å². The number of amides is 4. The van der Waals surface area contributed by atoms with Gasteiger partial charge in [0.15, 0.2) is 0 Å². The van der Waals surface area contributed by atoms with Crippen LogP contribution in [0.5, 0.6) is 11.5 Å². The molecule has 2 aliphatic rings. The quantitative estimate of drug-likeness (QED) is 0.737. The number of hydrogen-bond donors (Lipinski definition) is 2. The van der Waals surface area contributed by atoms with Crippen LogP contribution in [-0.4, -0.2) is 73.6 Å². The molecule has 2 heterocycles. The standard InChI is InChI=1S/C23H26N4O5/c1-31-17-8-6-15(7-9-17)12-19-22(29)27-11-10-26(14-20(27)21(28)25-19)23(30)24-16-4-3-5-18(13-16)32-2/h3-9,13,19-20H,10-12,14H2,1-2H3,(H,24,30)(H,25,28)/t19-,20-/m1/s1. The van der Waals surface area contributed by atoms with Crippen LogP contribution in [0.4, 0.5) is 10.5 Å². The van der Waals surface area contributed by atoms with Gasteiger partial charge < -0.3 is 29.9 Å². The van der Waals surface area contributed by atoms with Crippen LogP contribution >= 0.6 is 0 Å². The summed E-state index contributed by atoms with van der Waals surface area (Å²) >= 11 is 0. The van der Waals surface area contributed by atoms with Gasteiger partial charge in [-0.2, -0.15) is 0 Å². The third-order valence-corrected chi connectivity index (χ3v) is 5.79. The van der Waals surface area contributed by atoms with Gasteiger partial charge in [0.25, 0.3) is 0 Å². The lowest BCUT2D eigenvalue weighted by Gasteiger charge is -2.45. The van der Waals surface area contributed by atoms with Gasteiger partial charge in [0.2, 0.25) is 11.8 Å². The number of methoxy groups -OCH3 is 2. The third kappa shape index (κ3) is 4.46. The summed E-state index contributed by atoms with van der Waals surface area (Å²) < 4.78 is 10.3. The highest BCUT2D eigenvalue weighted by atomic mass is 16.5. The van der Waals surface area contributed by atoms with E-state index in [-0.39, 0.29) is 24.4 Å². The van der Waals surface area contributed by atoms with Crippen LogP contribution in [0.1, 0.15) is 5.56 Å². The van der Waals surface area contributed by atoms with Crippen molar-refractivity contribution in [3.05, 3.63) is 54.1 Å². The molecule has 2 aromatic rings. The number of nitrogens with zero attached hydrogens (tertiary/aromatic N) is 2. The molecule has 0 unspecified atom stereocenters. The number of benzene rings is 2. The number of piperazine rings is 2. The van der Waals surface area contributed by atoms with E-state index in [0.717, 1.165) is 11.3 Å². The van der Waals surface area contributed by atoms with Crippen molar-refractivity contribution in [1.82, 2.24) is 15.1 Å². The maximum absolute atomic E-state index is 13.0. The predicted octanol–water partition coefficient (Wildman–Crippen LogP) is 1.49. The van der Waals surface area contributed by atoms with Crippen molar-refractivity contribution >= 4 is 23.5 Å². The largest absolute Gasteiger partial charge is 0.497 e. The van der Waals surface area contributed by atoms with E-state index in [1.807, 2.05) is 24.3 Å². The Bertz CT molecular complexity index is 1010. The molecule has 9 nitrogen and oxygen atoms in total. The molecule has 32 heavy (non-hydrogen) atoms. The van der Waals surface area contributed by atoms with E-state index in [9.17, 15) is 14.4 Å². The summed E-state index contributed by atoms with van der Waals surface area (Å²) in [6.45, 7) is 0.796. The highest BCUT2D eigenvalue weighted by molar-refractivity contribution is 5.98. The van der Waals surface area contributed by atoms with Crippen molar-refractivity contribution < 1.29 is 23.9 Å². The number of fused-ring (bicyclic) bond motifs is 1. The van der Waals surface area contributed by atoms with Gasteiger partial charge in [0, 0.05) is 31.3 Å². The number of carbonyl (C=O) groups excluding carboxylic acids is 3. The zero-order valence-electron chi connectivity index (χ0n) is 18.0. The Balaban J connectivity index is 1.38. The fourth-order valence-corrected chi connectivity index (χ4v) is 4.02. The Kier molecular flexibility index (Phi) is 6.16. The van der Waals surface area contributed by atoms with Gasteiger partial charge >= 0.3 is 6.03 Å². The first-order chi connectivity index (χ1) is 15.5. The fourth-order valence-electron chi connectivity index (χ4n) is 4.02. The molecule has 0 bridgehead atoms. The summed E-state index contributed by atoms with van der Waals surface area (Å²) in [7, 11) is 3.15. The molecule has 2 aromatic carbocycles. The molecule has 2 N–H and O–H groups in total. The summed E-state index contributed by atoms with van der Waals surface area (Å²) in [6, 6.07) is 12.8. The normalized spacial score (nSPS) is 20.3. The molecule has 0 aliphatic carbocycles. The van der Waals surface area contributed by atoms with E-state index in [1.165, 1.54) is 0 Å². The molecular formula is C23H26N4O5. The van der Waals surface area contributed by atoms with Crippen LogP contribution in [0.15, 0.2) is 48.5 Å². The maximum Gasteiger partial charge on any atom is 0.321 e. The number of urea groups is 1. The van der Waals surface area contributed by atoms with E-state index in [0.29, 0.717) is 30.9 Å². The number of carbonyl (C=O) groups is 3. The second-order valence-corrected chi connectivity index (χ2v) is 7.77. The minimum Gasteiger partial charge on any atom is -0.497 e.